The maximum atomic E-state index is 5.69. The number of pyridine rings is 1. The maximum absolute atomic E-state index is 5.69. The molecule has 1 fully saturated rings. The van der Waals surface area contributed by atoms with Crippen molar-refractivity contribution < 1.29 is 4.74 Å². The highest BCUT2D eigenvalue weighted by Gasteiger charge is 2.16. The van der Waals surface area contributed by atoms with Crippen molar-refractivity contribution in [2.45, 2.75) is 12.5 Å². The summed E-state index contributed by atoms with van der Waals surface area (Å²) in [6.45, 7) is 4.87. The van der Waals surface area contributed by atoms with Crippen LogP contribution in [0.4, 0.5) is 0 Å². The van der Waals surface area contributed by atoms with Gasteiger partial charge in [0, 0.05) is 32.0 Å². The second-order valence-electron chi connectivity index (χ2n) is 4.56. The zero-order chi connectivity index (χ0) is 11.9. The lowest BCUT2D eigenvalue weighted by atomic mass is 10.2. The summed E-state index contributed by atoms with van der Waals surface area (Å²) >= 11 is 0. The molecule has 1 aliphatic heterocycles. The Morgan fingerprint density at radius 2 is 2.29 bits per heavy atom. The average molecular weight is 235 g/mol. The summed E-state index contributed by atoms with van der Waals surface area (Å²) in [7, 11) is 2.15. The van der Waals surface area contributed by atoms with Gasteiger partial charge in [-0.3, -0.25) is 4.98 Å². The van der Waals surface area contributed by atoms with Gasteiger partial charge in [0.05, 0.1) is 12.7 Å². The van der Waals surface area contributed by atoms with Crippen LogP contribution in [0.1, 0.15) is 5.56 Å². The van der Waals surface area contributed by atoms with Crippen molar-refractivity contribution in [3.05, 3.63) is 30.1 Å². The minimum Gasteiger partial charge on any atom is -0.374 e. The van der Waals surface area contributed by atoms with Crippen molar-refractivity contribution in [1.29, 1.82) is 0 Å². The largest absolute Gasteiger partial charge is 0.374 e. The summed E-state index contributed by atoms with van der Waals surface area (Å²) in [5.74, 6) is 0. The normalized spacial score (nSPS) is 21.6. The third-order valence-corrected chi connectivity index (χ3v) is 3.05. The molecule has 1 aliphatic rings. The van der Waals surface area contributed by atoms with E-state index in [4.69, 9.17) is 4.74 Å². The second-order valence-corrected chi connectivity index (χ2v) is 4.56. The first-order valence-electron chi connectivity index (χ1n) is 6.24. The Morgan fingerprint density at radius 1 is 1.47 bits per heavy atom. The van der Waals surface area contributed by atoms with Gasteiger partial charge in [-0.15, -0.1) is 0 Å². The predicted molar refractivity (Wildman–Crippen MR) is 68.0 cm³/mol. The fraction of sp³-hybridized carbons (Fsp3) is 0.615. The lowest BCUT2D eigenvalue weighted by molar-refractivity contribution is -0.0179. The highest BCUT2D eigenvalue weighted by Crippen LogP contribution is 2.01. The molecule has 1 aromatic rings. The number of morpholine rings is 1. The SMILES string of the molecule is CN1CCOC(CNCCc2ccncc2)C1. The number of nitrogens with zero attached hydrogens (tertiary/aromatic N) is 2. The van der Waals surface area contributed by atoms with Gasteiger partial charge in [-0.25, -0.2) is 0 Å². The first kappa shape index (κ1) is 12.5. The van der Waals surface area contributed by atoms with E-state index in [0.717, 1.165) is 39.2 Å². The molecule has 0 aliphatic carbocycles. The van der Waals surface area contributed by atoms with E-state index in [1.165, 1.54) is 5.56 Å². The van der Waals surface area contributed by atoms with Gasteiger partial charge >= 0.3 is 0 Å². The minimum atomic E-state index is 0.339. The van der Waals surface area contributed by atoms with Crippen LogP contribution in [0.25, 0.3) is 0 Å². The van der Waals surface area contributed by atoms with Gasteiger partial charge < -0.3 is 15.0 Å². The van der Waals surface area contributed by atoms with Crippen LogP contribution in [0.5, 0.6) is 0 Å². The molecule has 0 amide bonds. The summed E-state index contributed by atoms with van der Waals surface area (Å²) in [5.41, 5.74) is 1.33. The summed E-state index contributed by atoms with van der Waals surface area (Å²) in [5, 5.41) is 3.45. The molecule has 2 heterocycles. The van der Waals surface area contributed by atoms with Crippen molar-refractivity contribution in [3.8, 4) is 0 Å². The van der Waals surface area contributed by atoms with Gasteiger partial charge in [0.2, 0.25) is 0 Å². The quantitative estimate of drug-likeness (QED) is 0.756. The predicted octanol–water partition coefficient (Wildman–Crippen LogP) is 0.544. The van der Waals surface area contributed by atoms with Gasteiger partial charge in [-0.2, -0.15) is 0 Å². The summed E-state index contributed by atoms with van der Waals surface area (Å²) in [4.78, 5) is 6.33. The Morgan fingerprint density at radius 3 is 3.06 bits per heavy atom. The fourth-order valence-corrected chi connectivity index (χ4v) is 2.04. The Balaban J connectivity index is 1.60. The van der Waals surface area contributed by atoms with Crippen molar-refractivity contribution in [2.75, 3.05) is 39.8 Å². The van der Waals surface area contributed by atoms with Gasteiger partial charge in [-0.05, 0) is 37.7 Å². The molecule has 0 radical (unpaired) electrons. The molecule has 2 rings (SSSR count). The molecular formula is C13H21N3O. The van der Waals surface area contributed by atoms with Gasteiger partial charge in [-0.1, -0.05) is 0 Å². The number of hydrogen-bond acceptors (Lipinski definition) is 4. The smallest absolute Gasteiger partial charge is 0.0826 e. The van der Waals surface area contributed by atoms with Crippen LogP contribution in [0.2, 0.25) is 0 Å². The Labute approximate surface area is 103 Å². The molecule has 0 bridgehead atoms. The number of likely N-dealkylation sites (N-methyl/N-ethyl adjacent to an activating group) is 1. The molecule has 1 aromatic heterocycles. The van der Waals surface area contributed by atoms with E-state index in [-0.39, 0.29) is 0 Å². The first-order valence-corrected chi connectivity index (χ1v) is 6.24. The minimum absolute atomic E-state index is 0.339. The molecule has 94 valence electrons. The first-order chi connectivity index (χ1) is 8.34. The average Bonchev–Trinajstić information content (AvgIpc) is 2.36. The summed E-state index contributed by atoms with van der Waals surface area (Å²) < 4.78 is 5.69. The molecule has 1 atom stereocenters. The summed E-state index contributed by atoms with van der Waals surface area (Å²) in [6.07, 6.45) is 5.07. The van der Waals surface area contributed by atoms with E-state index in [0.29, 0.717) is 6.10 Å². The molecule has 4 heteroatoms. The number of aromatic nitrogens is 1. The van der Waals surface area contributed by atoms with Crippen molar-refractivity contribution in [3.63, 3.8) is 0 Å². The Kier molecular flexibility index (Phi) is 4.91. The van der Waals surface area contributed by atoms with E-state index < -0.39 is 0 Å². The number of rotatable bonds is 5. The van der Waals surface area contributed by atoms with Gasteiger partial charge in [0.15, 0.2) is 0 Å². The highest BCUT2D eigenvalue weighted by atomic mass is 16.5. The van der Waals surface area contributed by atoms with Crippen molar-refractivity contribution >= 4 is 0 Å². The topological polar surface area (TPSA) is 37.4 Å². The lowest BCUT2D eigenvalue weighted by Crippen LogP contribution is -2.45. The van der Waals surface area contributed by atoms with Crippen molar-refractivity contribution in [2.24, 2.45) is 0 Å². The molecule has 0 spiro atoms. The Hall–Kier alpha value is -0.970. The molecule has 0 saturated carbocycles. The van der Waals surface area contributed by atoms with Crippen LogP contribution >= 0.6 is 0 Å². The fourth-order valence-electron chi connectivity index (χ4n) is 2.04. The molecule has 1 saturated heterocycles. The highest BCUT2D eigenvalue weighted by molar-refractivity contribution is 5.09. The molecule has 17 heavy (non-hydrogen) atoms. The van der Waals surface area contributed by atoms with Crippen LogP contribution < -0.4 is 5.32 Å². The van der Waals surface area contributed by atoms with E-state index in [9.17, 15) is 0 Å². The molecule has 1 N–H and O–H groups in total. The van der Waals surface area contributed by atoms with E-state index >= 15 is 0 Å². The van der Waals surface area contributed by atoms with E-state index in [1.807, 2.05) is 12.4 Å². The van der Waals surface area contributed by atoms with Crippen LogP contribution in [0, 0.1) is 0 Å². The zero-order valence-electron chi connectivity index (χ0n) is 10.4. The van der Waals surface area contributed by atoms with E-state index in [2.05, 4.69) is 34.4 Å². The van der Waals surface area contributed by atoms with Crippen LogP contribution in [-0.4, -0.2) is 55.8 Å². The van der Waals surface area contributed by atoms with Crippen molar-refractivity contribution in [1.82, 2.24) is 15.2 Å². The Bertz CT molecular complexity index is 318. The standard InChI is InChI=1S/C13H21N3O/c1-16-8-9-17-13(11-16)10-15-7-4-12-2-5-14-6-3-12/h2-3,5-6,13,15H,4,7-11H2,1H3. The monoisotopic (exact) mass is 235 g/mol. The number of hydrogen-bond donors (Lipinski definition) is 1. The number of ether oxygens (including phenoxy) is 1. The van der Waals surface area contributed by atoms with Crippen LogP contribution in [0.3, 0.4) is 0 Å². The molecule has 0 aromatic carbocycles. The summed E-state index contributed by atoms with van der Waals surface area (Å²) in [6, 6.07) is 4.12. The zero-order valence-corrected chi connectivity index (χ0v) is 10.4. The second kappa shape index (κ2) is 6.69. The van der Waals surface area contributed by atoms with Crippen LogP contribution in [0.15, 0.2) is 24.5 Å². The molecule has 4 nitrogen and oxygen atoms in total. The molecule has 1 unspecified atom stereocenters. The van der Waals surface area contributed by atoms with Crippen LogP contribution in [-0.2, 0) is 11.2 Å². The van der Waals surface area contributed by atoms with Gasteiger partial charge in [0.25, 0.3) is 0 Å². The third-order valence-electron chi connectivity index (χ3n) is 3.05. The molecular weight excluding hydrogens is 214 g/mol. The number of nitrogens with one attached hydrogen (secondary N) is 1. The van der Waals surface area contributed by atoms with Gasteiger partial charge in [0.1, 0.15) is 0 Å². The maximum Gasteiger partial charge on any atom is 0.0826 e. The lowest BCUT2D eigenvalue weighted by Gasteiger charge is -2.30. The van der Waals surface area contributed by atoms with E-state index in [1.54, 1.807) is 0 Å². The third kappa shape index (κ3) is 4.42.